The number of rotatable bonds is 13. The van der Waals surface area contributed by atoms with E-state index in [1.165, 1.54) is 24.3 Å². The Hall–Kier alpha value is -9.98. The molecule has 3 aliphatic heterocycles. The summed E-state index contributed by atoms with van der Waals surface area (Å²) in [6.45, 7) is 0. The molecule has 21 heteroatoms. The van der Waals surface area contributed by atoms with Gasteiger partial charge in [0, 0.05) is 46.3 Å². The number of carboxylic acid groups (broad SMARTS) is 2. The van der Waals surface area contributed by atoms with Gasteiger partial charge in [0.05, 0.1) is 51.2 Å². The molecule has 18 nitrogen and oxygen atoms in total. The molecular weight excluding hydrogens is 1080 g/mol. The maximum absolute atomic E-state index is 14.7. The van der Waals surface area contributed by atoms with Crippen molar-refractivity contribution in [3.8, 4) is 5.69 Å². The number of aliphatic carboxylic acids is 2. The zero-order chi connectivity index (χ0) is 57.4. The van der Waals surface area contributed by atoms with Crippen LogP contribution in [0.25, 0.3) is 16.6 Å². The summed E-state index contributed by atoms with van der Waals surface area (Å²) in [4.78, 5) is 108. The first-order valence-electron chi connectivity index (χ1n) is 25.0. The van der Waals surface area contributed by atoms with Crippen LogP contribution in [0.2, 0.25) is 10.0 Å². The molecule has 81 heavy (non-hydrogen) atoms. The molecule has 0 saturated carbocycles. The summed E-state index contributed by atoms with van der Waals surface area (Å²) in [6.07, 6.45) is -1.83. The summed E-state index contributed by atoms with van der Waals surface area (Å²) < 4.78 is 16.3. The molecule has 1 aromatic heterocycles. The minimum atomic E-state index is -1.75. The highest BCUT2D eigenvalue weighted by atomic mass is 35.5. The van der Waals surface area contributed by atoms with Crippen molar-refractivity contribution in [3.05, 3.63) is 212 Å². The first kappa shape index (κ1) is 54.4. The van der Waals surface area contributed by atoms with Gasteiger partial charge in [-0.3, -0.25) is 28.8 Å². The van der Waals surface area contributed by atoms with Gasteiger partial charge in [-0.05, 0) is 101 Å². The largest absolute Gasteiger partial charge is 0.480 e. The Morgan fingerprint density at radius 3 is 1.59 bits per heavy atom. The number of fused-ring (bicyclic) bond motifs is 4. The number of hydrogen-bond acceptors (Lipinski definition) is 11. The fourth-order valence-corrected chi connectivity index (χ4v) is 10.4. The number of amides is 6. The van der Waals surface area contributed by atoms with Gasteiger partial charge >= 0.3 is 11.9 Å². The van der Waals surface area contributed by atoms with E-state index in [-0.39, 0.29) is 42.8 Å². The predicted octanol–water partition coefficient (Wildman–Crippen LogP) is 8.58. The number of anilines is 4. The maximum Gasteiger partial charge on any atom is 0.326 e. The molecule has 11 rings (SSSR count). The summed E-state index contributed by atoms with van der Waals surface area (Å²) in [6, 6.07) is 39.9. The van der Waals surface area contributed by atoms with E-state index in [0.717, 1.165) is 15.2 Å². The van der Waals surface area contributed by atoms with Crippen LogP contribution in [0.3, 0.4) is 0 Å². The van der Waals surface area contributed by atoms with Gasteiger partial charge in [-0.15, -0.1) is 0 Å². The van der Waals surface area contributed by atoms with E-state index in [1.807, 2.05) is 24.3 Å². The van der Waals surface area contributed by atoms with Crippen LogP contribution in [0, 0.1) is 0 Å². The number of nitrogen functional groups attached to an aromatic ring is 2. The zero-order valence-electron chi connectivity index (χ0n) is 42.3. The second-order valence-electron chi connectivity index (χ2n) is 19.1. The van der Waals surface area contributed by atoms with Crippen molar-refractivity contribution >= 4 is 116 Å². The molecule has 3 unspecified atom stereocenters. The molecule has 0 bridgehead atoms. The van der Waals surface area contributed by atoms with E-state index in [2.05, 4.69) is 15.6 Å². The van der Waals surface area contributed by atoms with Gasteiger partial charge in [0.1, 0.15) is 23.5 Å². The van der Waals surface area contributed by atoms with Crippen LogP contribution in [0.5, 0.6) is 0 Å². The predicted molar refractivity (Wildman–Crippen MR) is 302 cm³/mol. The number of carbonyl (C=O) groups excluding carboxylic acids is 6. The van der Waals surface area contributed by atoms with Crippen molar-refractivity contribution in [1.29, 1.82) is 0 Å². The van der Waals surface area contributed by atoms with Crippen LogP contribution in [0.4, 0.5) is 32.8 Å². The lowest BCUT2D eigenvalue weighted by Crippen LogP contribution is -2.45. The number of benzene rings is 7. The molecule has 3 atom stereocenters. The number of nitrogens with one attached hydrogen (secondary N) is 2. The highest BCUT2D eigenvalue weighted by Crippen LogP contribution is 2.37. The Morgan fingerprint density at radius 1 is 0.605 bits per heavy atom. The second-order valence-corrected chi connectivity index (χ2v) is 20.0. The number of aromatic nitrogens is 1. The zero-order valence-corrected chi connectivity index (χ0v) is 43.8. The van der Waals surface area contributed by atoms with Crippen LogP contribution >= 0.6 is 23.2 Å². The minimum Gasteiger partial charge on any atom is -0.480 e. The summed E-state index contributed by atoms with van der Waals surface area (Å²) >= 11 is 13.0. The number of para-hydroxylation sites is 3. The molecule has 0 spiro atoms. The molecular formula is C60H45Cl2FN8O10. The lowest BCUT2D eigenvalue weighted by Gasteiger charge is -2.27. The smallest absolute Gasteiger partial charge is 0.326 e. The fourth-order valence-electron chi connectivity index (χ4n) is 9.84. The number of nitrogens with zero attached hydrogens (tertiary/aromatic N) is 4. The van der Waals surface area contributed by atoms with Crippen LogP contribution < -0.4 is 31.9 Å². The average molecular weight is 1130 g/mol. The molecule has 8 N–H and O–H groups in total. The Balaban J connectivity index is 0.000000185. The molecule has 0 aliphatic carbocycles. The highest BCUT2D eigenvalue weighted by Gasteiger charge is 2.36. The molecule has 7 aromatic carbocycles. The number of carbonyl (C=O) groups is 8. The van der Waals surface area contributed by atoms with Gasteiger partial charge in [0.2, 0.25) is 11.8 Å². The topological polar surface area (TPSA) is 277 Å². The van der Waals surface area contributed by atoms with E-state index >= 15 is 0 Å². The third kappa shape index (κ3) is 10.9. The van der Waals surface area contributed by atoms with E-state index in [0.29, 0.717) is 83.1 Å². The van der Waals surface area contributed by atoms with Gasteiger partial charge in [-0.25, -0.2) is 28.8 Å². The van der Waals surface area contributed by atoms with Gasteiger partial charge < -0.3 is 36.9 Å². The Bertz CT molecular complexity index is 3960. The molecule has 406 valence electrons. The number of hydrogen-bond donors (Lipinski definition) is 6. The number of carboxylic acids is 2. The monoisotopic (exact) mass is 1130 g/mol. The van der Waals surface area contributed by atoms with Crippen LogP contribution in [-0.2, 0) is 49.7 Å². The highest BCUT2D eigenvalue weighted by molar-refractivity contribution is 6.42. The van der Waals surface area contributed by atoms with Crippen molar-refractivity contribution in [1.82, 2.24) is 15.2 Å². The Kier molecular flexibility index (Phi) is 15.0. The average Bonchev–Trinajstić information content (AvgIpc) is 4.23. The van der Waals surface area contributed by atoms with Gasteiger partial charge in [0.25, 0.3) is 23.6 Å². The third-order valence-electron chi connectivity index (χ3n) is 13.8. The van der Waals surface area contributed by atoms with E-state index < -0.39 is 65.4 Å². The molecule has 3 aliphatic rings. The van der Waals surface area contributed by atoms with E-state index in [1.54, 1.807) is 114 Å². The minimum absolute atomic E-state index is 0.0412. The molecule has 0 saturated heterocycles. The standard InChI is InChI=1S/C33H24Cl2N4O5.C27H21FN4O5/c34-24-5-3-6-25(35)30(24)39-27-7-2-1-4-20(27)15-28(39)31(41)37-26(33(43)44)14-18-8-12-22(13-9-18)38-29(40)16-19-10-11-21(36)17-23(19)32(38)42;28-23-18-3-1-2-4-20(18)30-24(23)25(34)31-21(27(36)37)11-14-5-9-17(10-6-14)32-22(33)12-15-7-8-16(29)13-19(15)26(32)35/h1-13,15,17,26H,14,16,36H2,(H,37,41)(H,43,44);1-10,13,21,23H,11-12,29H2,(H,31,34)(H,36,37). The van der Waals surface area contributed by atoms with Gasteiger partial charge in [0.15, 0.2) is 6.17 Å². The van der Waals surface area contributed by atoms with Crippen LogP contribution in [-0.4, -0.2) is 80.0 Å². The molecule has 8 aromatic rings. The fraction of sp³-hybridized carbons (Fsp3) is 0.117. The number of alkyl halides is 1. The number of halogens is 3. The Labute approximate surface area is 470 Å². The normalized spacial score (nSPS) is 15.1. The third-order valence-corrected chi connectivity index (χ3v) is 14.4. The van der Waals surface area contributed by atoms with Crippen molar-refractivity contribution in [2.75, 3.05) is 21.3 Å². The van der Waals surface area contributed by atoms with E-state index in [9.17, 15) is 53.0 Å². The number of imide groups is 2. The number of nitrogens with two attached hydrogens (primary N) is 2. The van der Waals surface area contributed by atoms with Gasteiger partial charge in [-0.1, -0.05) is 102 Å². The maximum atomic E-state index is 14.7. The summed E-state index contributed by atoms with van der Waals surface area (Å²) in [5.41, 5.74) is 17.5. The summed E-state index contributed by atoms with van der Waals surface area (Å²) in [7, 11) is 0. The lowest BCUT2D eigenvalue weighted by atomic mass is 9.97. The van der Waals surface area contributed by atoms with E-state index in [4.69, 9.17) is 34.7 Å². The van der Waals surface area contributed by atoms with Crippen LogP contribution in [0.15, 0.2) is 163 Å². The quantitative estimate of drug-likeness (QED) is 0.0468. The first-order chi connectivity index (χ1) is 38.8. The molecule has 0 radical (unpaired) electrons. The second kappa shape index (κ2) is 22.4. The molecule has 6 amide bonds. The summed E-state index contributed by atoms with van der Waals surface area (Å²) in [5.74, 6) is -5.86. The number of aliphatic imine (C=N–C) groups is 1. The van der Waals surface area contributed by atoms with Crippen molar-refractivity contribution in [2.45, 2.75) is 43.9 Å². The first-order valence-corrected chi connectivity index (χ1v) is 25.7. The van der Waals surface area contributed by atoms with Gasteiger partial charge in [-0.2, -0.15) is 0 Å². The van der Waals surface area contributed by atoms with Crippen molar-refractivity contribution in [2.24, 2.45) is 4.99 Å². The summed E-state index contributed by atoms with van der Waals surface area (Å²) in [5, 5.41) is 26.0. The molecule has 4 heterocycles. The molecule has 0 fully saturated rings. The lowest BCUT2D eigenvalue weighted by molar-refractivity contribution is -0.141. The van der Waals surface area contributed by atoms with Crippen molar-refractivity contribution < 1.29 is 53.0 Å². The SMILES string of the molecule is Nc1ccc2c(c1)C(=O)N(c1ccc(CC(NC(=O)C3=Nc4ccccc4C3F)C(=O)O)cc1)C(=O)C2.Nc1ccc2c(c1)C(=O)N(c1ccc(CC(NC(=O)c3cc4ccccc4n3-c3c(Cl)cccc3Cl)C(=O)O)cc1)C(=O)C2. The van der Waals surface area contributed by atoms with Crippen molar-refractivity contribution in [3.63, 3.8) is 0 Å². The van der Waals surface area contributed by atoms with Crippen LogP contribution in [0.1, 0.15) is 65.2 Å². The Morgan fingerprint density at radius 2 is 1.09 bits per heavy atom.